The predicted octanol–water partition coefficient (Wildman–Crippen LogP) is 1.83. The lowest BCUT2D eigenvalue weighted by Crippen LogP contribution is -2.53. The first-order valence-corrected chi connectivity index (χ1v) is 8.35. The number of hydrogen-bond donors (Lipinski definition) is 1. The Morgan fingerprint density at radius 1 is 1.43 bits per heavy atom. The van der Waals surface area contributed by atoms with Crippen LogP contribution in [0.4, 0.5) is 0 Å². The fourth-order valence-electron chi connectivity index (χ4n) is 3.77. The van der Waals surface area contributed by atoms with Crippen LogP contribution in [-0.2, 0) is 16.1 Å². The number of nitrogens with zero attached hydrogens (tertiary/aromatic N) is 1. The minimum Gasteiger partial charge on any atom is -0.393 e. The molecule has 0 bridgehead atoms. The highest BCUT2D eigenvalue weighted by Gasteiger charge is 2.39. The summed E-state index contributed by atoms with van der Waals surface area (Å²) in [5.41, 5.74) is 1.67. The van der Waals surface area contributed by atoms with Gasteiger partial charge in [-0.05, 0) is 30.5 Å². The van der Waals surface area contributed by atoms with Gasteiger partial charge in [0.25, 0.3) is 5.91 Å². The molecule has 0 spiro atoms. The van der Waals surface area contributed by atoms with Crippen molar-refractivity contribution >= 4 is 5.91 Å². The van der Waals surface area contributed by atoms with Crippen LogP contribution >= 0.6 is 0 Å². The van der Waals surface area contributed by atoms with E-state index in [0.29, 0.717) is 31.9 Å². The van der Waals surface area contributed by atoms with Crippen molar-refractivity contribution in [3.63, 3.8) is 0 Å². The lowest BCUT2D eigenvalue weighted by atomic mass is 9.93. The quantitative estimate of drug-likeness (QED) is 0.920. The van der Waals surface area contributed by atoms with Gasteiger partial charge in [0, 0.05) is 25.1 Å². The summed E-state index contributed by atoms with van der Waals surface area (Å²) in [6.07, 6.45) is 2.49. The van der Waals surface area contributed by atoms with Gasteiger partial charge in [-0.2, -0.15) is 0 Å². The number of rotatable bonds is 4. The number of methoxy groups -OCH3 is 1. The Balaban J connectivity index is 1.79. The summed E-state index contributed by atoms with van der Waals surface area (Å²) in [7, 11) is 1.65. The Kier molecular flexibility index (Phi) is 5.30. The van der Waals surface area contributed by atoms with Gasteiger partial charge in [-0.15, -0.1) is 0 Å². The Hall–Kier alpha value is -1.43. The zero-order valence-corrected chi connectivity index (χ0v) is 13.6. The van der Waals surface area contributed by atoms with Crippen LogP contribution in [0, 0.1) is 5.92 Å². The molecule has 1 aromatic rings. The van der Waals surface area contributed by atoms with Crippen molar-refractivity contribution in [3.8, 4) is 0 Å². The molecule has 3 atom stereocenters. The molecule has 5 nitrogen and oxygen atoms in total. The van der Waals surface area contributed by atoms with E-state index in [-0.39, 0.29) is 24.0 Å². The Morgan fingerprint density at radius 3 is 3.04 bits per heavy atom. The van der Waals surface area contributed by atoms with E-state index in [4.69, 9.17) is 9.47 Å². The second-order valence-electron chi connectivity index (χ2n) is 6.44. The van der Waals surface area contributed by atoms with Crippen LogP contribution in [0.25, 0.3) is 0 Å². The molecule has 1 aromatic carbocycles. The van der Waals surface area contributed by atoms with Crippen LogP contribution in [0.15, 0.2) is 24.3 Å². The number of aliphatic hydroxyl groups excluding tert-OH is 1. The topological polar surface area (TPSA) is 59.0 Å². The number of carbonyl (C=O) groups excluding carboxylic acids is 1. The molecule has 1 aliphatic carbocycles. The predicted molar refractivity (Wildman–Crippen MR) is 86.1 cm³/mol. The number of hydrogen-bond acceptors (Lipinski definition) is 4. The Bertz CT molecular complexity index is 548. The average Bonchev–Trinajstić information content (AvgIpc) is 3.01. The summed E-state index contributed by atoms with van der Waals surface area (Å²) in [6, 6.07) is 7.56. The number of amides is 1. The molecule has 0 radical (unpaired) electrons. The van der Waals surface area contributed by atoms with Crippen molar-refractivity contribution in [2.75, 3.05) is 26.9 Å². The number of morpholine rings is 1. The first kappa shape index (κ1) is 16.4. The van der Waals surface area contributed by atoms with Gasteiger partial charge in [0.1, 0.15) is 0 Å². The van der Waals surface area contributed by atoms with Crippen LogP contribution in [0.2, 0.25) is 0 Å². The molecule has 1 N–H and O–H groups in total. The first-order chi connectivity index (χ1) is 11.2. The van der Waals surface area contributed by atoms with Gasteiger partial charge in [0.05, 0.1) is 32.0 Å². The lowest BCUT2D eigenvalue weighted by molar-refractivity contribution is -0.0383. The van der Waals surface area contributed by atoms with E-state index in [0.717, 1.165) is 24.8 Å². The van der Waals surface area contributed by atoms with Crippen molar-refractivity contribution in [3.05, 3.63) is 35.4 Å². The normalized spacial score (nSPS) is 28.1. The van der Waals surface area contributed by atoms with Gasteiger partial charge >= 0.3 is 0 Å². The van der Waals surface area contributed by atoms with Crippen molar-refractivity contribution in [2.45, 2.75) is 38.0 Å². The summed E-state index contributed by atoms with van der Waals surface area (Å²) in [4.78, 5) is 14.9. The maximum absolute atomic E-state index is 13.0. The summed E-state index contributed by atoms with van der Waals surface area (Å²) in [5, 5.41) is 10.2. The van der Waals surface area contributed by atoms with Crippen LogP contribution in [0.1, 0.15) is 35.2 Å². The van der Waals surface area contributed by atoms with Crippen LogP contribution in [-0.4, -0.2) is 54.9 Å². The largest absolute Gasteiger partial charge is 0.393 e. The smallest absolute Gasteiger partial charge is 0.254 e. The van der Waals surface area contributed by atoms with E-state index < -0.39 is 0 Å². The molecule has 0 aromatic heterocycles. The minimum absolute atomic E-state index is 0.0235. The Morgan fingerprint density at radius 2 is 2.30 bits per heavy atom. The molecule has 2 aliphatic rings. The molecule has 1 heterocycles. The van der Waals surface area contributed by atoms with Crippen molar-refractivity contribution in [1.29, 1.82) is 0 Å². The van der Waals surface area contributed by atoms with Gasteiger partial charge < -0.3 is 19.5 Å². The highest BCUT2D eigenvalue weighted by molar-refractivity contribution is 5.94. The van der Waals surface area contributed by atoms with E-state index in [1.165, 1.54) is 0 Å². The van der Waals surface area contributed by atoms with E-state index in [9.17, 15) is 9.90 Å². The van der Waals surface area contributed by atoms with Crippen LogP contribution in [0.3, 0.4) is 0 Å². The molecule has 1 amide bonds. The second-order valence-corrected chi connectivity index (χ2v) is 6.44. The summed E-state index contributed by atoms with van der Waals surface area (Å²) in [5.74, 6) is 0.150. The average molecular weight is 319 g/mol. The van der Waals surface area contributed by atoms with Crippen molar-refractivity contribution in [2.24, 2.45) is 5.92 Å². The zero-order chi connectivity index (χ0) is 16.2. The molecular weight excluding hydrogens is 294 g/mol. The third-order valence-electron chi connectivity index (χ3n) is 4.94. The number of benzene rings is 1. The highest BCUT2D eigenvalue weighted by Crippen LogP contribution is 2.32. The minimum atomic E-state index is -0.322. The first-order valence-electron chi connectivity index (χ1n) is 8.35. The maximum atomic E-state index is 13.0. The maximum Gasteiger partial charge on any atom is 0.254 e. The van der Waals surface area contributed by atoms with Gasteiger partial charge in [0.2, 0.25) is 0 Å². The van der Waals surface area contributed by atoms with Gasteiger partial charge in [-0.25, -0.2) is 0 Å². The van der Waals surface area contributed by atoms with E-state index in [1.807, 2.05) is 29.2 Å². The zero-order valence-electron chi connectivity index (χ0n) is 13.6. The molecule has 2 fully saturated rings. The molecule has 1 saturated carbocycles. The van der Waals surface area contributed by atoms with E-state index in [2.05, 4.69) is 0 Å². The summed E-state index contributed by atoms with van der Waals surface area (Å²) in [6.45, 7) is 2.16. The molecule has 126 valence electrons. The Labute approximate surface area is 137 Å². The molecule has 5 heteroatoms. The van der Waals surface area contributed by atoms with Crippen LogP contribution in [0.5, 0.6) is 0 Å². The van der Waals surface area contributed by atoms with E-state index in [1.54, 1.807) is 7.11 Å². The molecule has 3 unspecified atom stereocenters. The molecule has 1 aliphatic heterocycles. The highest BCUT2D eigenvalue weighted by atomic mass is 16.5. The third-order valence-corrected chi connectivity index (χ3v) is 4.94. The number of carbonyl (C=O) groups is 1. The van der Waals surface area contributed by atoms with E-state index >= 15 is 0 Å². The molecular formula is C18H25NO4. The number of aliphatic hydroxyl groups is 1. The van der Waals surface area contributed by atoms with Gasteiger partial charge in [0.15, 0.2) is 0 Å². The van der Waals surface area contributed by atoms with Crippen LogP contribution < -0.4 is 0 Å². The van der Waals surface area contributed by atoms with Crippen molar-refractivity contribution in [1.82, 2.24) is 4.90 Å². The third kappa shape index (κ3) is 3.57. The summed E-state index contributed by atoms with van der Waals surface area (Å²) < 4.78 is 10.7. The van der Waals surface area contributed by atoms with Gasteiger partial charge in [-0.3, -0.25) is 4.79 Å². The fourth-order valence-corrected chi connectivity index (χ4v) is 3.77. The number of ether oxygens (including phenoxy) is 2. The monoisotopic (exact) mass is 319 g/mol. The SMILES string of the molecule is COCc1cccc(C(=O)N2CCOCC2C2CCCC2O)c1. The molecule has 1 saturated heterocycles. The lowest BCUT2D eigenvalue weighted by Gasteiger charge is -2.40. The standard InChI is InChI=1S/C18H25NO4/c1-22-11-13-4-2-5-14(10-13)18(21)19-8-9-23-12-16(19)15-6-3-7-17(15)20/h2,4-5,10,15-17,20H,3,6-9,11-12H2,1H3. The summed E-state index contributed by atoms with van der Waals surface area (Å²) >= 11 is 0. The fraction of sp³-hybridized carbons (Fsp3) is 0.611. The molecule has 3 rings (SSSR count). The van der Waals surface area contributed by atoms with Gasteiger partial charge in [-0.1, -0.05) is 18.6 Å². The molecule has 23 heavy (non-hydrogen) atoms. The van der Waals surface area contributed by atoms with Crippen molar-refractivity contribution < 1.29 is 19.4 Å². The second kappa shape index (κ2) is 7.43.